The Morgan fingerprint density at radius 2 is 1.24 bits per heavy atom. The first-order valence-corrected chi connectivity index (χ1v) is 7.81. The third-order valence-corrected chi connectivity index (χ3v) is 3.86. The van der Waals surface area contributed by atoms with Crippen LogP contribution in [0.1, 0.15) is 20.8 Å². The zero-order chi connectivity index (χ0) is 18.8. The zero-order valence-electron chi connectivity index (χ0n) is 14.4. The maximum atomic E-state index is 12.1. The van der Waals surface area contributed by atoms with Crippen molar-refractivity contribution in [3.63, 3.8) is 0 Å². The minimum atomic E-state index is -0.855. The molecule has 0 fully saturated rings. The van der Waals surface area contributed by atoms with Gasteiger partial charge in [0.25, 0.3) is 23.6 Å². The number of Topliss-reactive ketones (excluding diaryl/α,β-unsaturated/α-hetero) is 1. The van der Waals surface area contributed by atoms with Crippen molar-refractivity contribution in [2.75, 3.05) is 19.7 Å². The van der Waals surface area contributed by atoms with Crippen LogP contribution in [0.25, 0.3) is 0 Å². The Labute approximate surface area is 145 Å². The van der Waals surface area contributed by atoms with Gasteiger partial charge in [0.1, 0.15) is 6.61 Å². The zero-order valence-corrected chi connectivity index (χ0v) is 14.4. The van der Waals surface area contributed by atoms with Gasteiger partial charge in [-0.3, -0.25) is 33.8 Å². The molecule has 0 aliphatic carbocycles. The maximum Gasteiger partial charge on any atom is 0.253 e. The molecular weight excluding hydrogens is 328 g/mol. The molecule has 0 bridgehead atoms. The molecule has 2 aliphatic heterocycles. The van der Waals surface area contributed by atoms with Crippen LogP contribution in [0.5, 0.6) is 0 Å². The van der Waals surface area contributed by atoms with E-state index in [2.05, 4.69) is 0 Å². The van der Waals surface area contributed by atoms with E-state index < -0.39 is 35.1 Å². The quantitative estimate of drug-likeness (QED) is 0.593. The van der Waals surface area contributed by atoms with Gasteiger partial charge in [-0.1, -0.05) is 20.8 Å². The SMILES string of the molecule is CC(C)(C)C(=O)COC(CN1C(=O)C=CC1=O)CN1C(=O)C=CC1=O. The number of nitrogens with zero attached hydrogens (tertiary/aromatic N) is 2. The van der Waals surface area contributed by atoms with Crippen molar-refractivity contribution in [1.29, 1.82) is 0 Å². The lowest BCUT2D eigenvalue weighted by Crippen LogP contribution is -2.46. The van der Waals surface area contributed by atoms with Crippen LogP contribution in [-0.4, -0.2) is 65.0 Å². The van der Waals surface area contributed by atoms with Gasteiger partial charge < -0.3 is 4.74 Å². The number of hydrogen-bond donors (Lipinski definition) is 0. The molecule has 0 N–H and O–H groups in total. The fourth-order valence-corrected chi connectivity index (χ4v) is 2.20. The van der Waals surface area contributed by atoms with Crippen molar-refractivity contribution >= 4 is 29.4 Å². The fourth-order valence-electron chi connectivity index (χ4n) is 2.20. The Morgan fingerprint density at radius 3 is 1.56 bits per heavy atom. The van der Waals surface area contributed by atoms with Crippen molar-refractivity contribution < 1.29 is 28.7 Å². The number of amides is 4. The van der Waals surface area contributed by atoms with Gasteiger partial charge in [0.15, 0.2) is 5.78 Å². The molecule has 0 radical (unpaired) electrons. The summed E-state index contributed by atoms with van der Waals surface area (Å²) < 4.78 is 5.55. The predicted molar refractivity (Wildman–Crippen MR) is 85.9 cm³/mol. The number of imide groups is 2. The highest BCUT2D eigenvalue weighted by atomic mass is 16.5. The summed E-state index contributed by atoms with van der Waals surface area (Å²) in [6.07, 6.45) is 3.67. The van der Waals surface area contributed by atoms with Crippen molar-refractivity contribution in [1.82, 2.24) is 9.80 Å². The summed E-state index contributed by atoms with van der Waals surface area (Å²) in [5.41, 5.74) is -0.619. The summed E-state index contributed by atoms with van der Waals surface area (Å²) in [6, 6.07) is 0. The number of rotatable bonds is 7. The Hall–Kier alpha value is -2.61. The van der Waals surface area contributed by atoms with Gasteiger partial charge in [-0.05, 0) is 0 Å². The Bertz CT molecular complexity index is 606. The molecular formula is C17H20N2O6. The maximum absolute atomic E-state index is 12.1. The summed E-state index contributed by atoms with van der Waals surface area (Å²) in [5, 5.41) is 0. The van der Waals surface area contributed by atoms with Gasteiger partial charge in [-0.15, -0.1) is 0 Å². The lowest BCUT2D eigenvalue weighted by atomic mass is 9.91. The second-order valence-corrected chi connectivity index (χ2v) is 6.85. The van der Waals surface area contributed by atoms with Crippen LogP contribution in [0.3, 0.4) is 0 Å². The molecule has 2 rings (SSSR count). The van der Waals surface area contributed by atoms with Gasteiger partial charge in [0.2, 0.25) is 0 Å². The lowest BCUT2D eigenvalue weighted by molar-refractivity contribution is -0.143. The van der Waals surface area contributed by atoms with Crippen molar-refractivity contribution in [3.8, 4) is 0 Å². The first-order chi connectivity index (χ1) is 11.6. The van der Waals surface area contributed by atoms with E-state index in [1.165, 1.54) is 0 Å². The van der Waals surface area contributed by atoms with E-state index in [9.17, 15) is 24.0 Å². The van der Waals surface area contributed by atoms with Crippen LogP contribution in [0.15, 0.2) is 24.3 Å². The molecule has 0 aromatic rings. The minimum absolute atomic E-state index is 0.154. The van der Waals surface area contributed by atoms with Gasteiger partial charge in [-0.2, -0.15) is 0 Å². The minimum Gasteiger partial charge on any atom is -0.367 e. The number of hydrogen-bond acceptors (Lipinski definition) is 6. The number of ether oxygens (including phenoxy) is 1. The summed E-state index contributed by atoms with van der Waals surface area (Å²) in [7, 11) is 0. The first kappa shape index (κ1) is 18.7. The van der Waals surface area contributed by atoms with Crippen LogP contribution in [0.4, 0.5) is 0 Å². The summed E-state index contributed by atoms with van der Waals surface area (Å²) in [6.45, 7) is 4.66. The van der Waals surface area contributed by atoms with E-state index in [0.29, 0.717) is 0 Å². The van der Waals surface area contributed by atoms with E-state index in [4.69, 9.17) is 4.74 Å². The molecule has 0 aromatic heterocycles. The molecule has 134 valence electrons. The molecule has 2 heterocycles. The standard InChI is InChI=1S/C17H20N2O6/c1-17(2,3)12(20)10-25-11(8-18-13(21)4-5-14(18)22)9-19-15(23)6-7-16(19)24/h4-7,11H,8-10H2,1-3H3. The first-order valence-electron chi connectivity index (χ1n) is 7.81. The van der Waals surface area contributed by atoms with Crippen molar-refractivity contribution in [2.45, 2.75) is 26.9 Å². The average molecular weight is 348 g/mol. The summed E-state index contributed by atoms with van der Waals surface area (Å²) in [5.74, 6) is -2.18. The largest absolute Gasteiger partial charge is 0.367 e. The highest BCUT2D eigenvalue weighted by Crippen LogP contribution is 2.16. The highest BCUT2D eigenvalue weighted by Gasteiger charge is 2.32. The van der Waals surface area contributed by atoms with Gasteiger partial charge >= 0.3 is 0 Å². The molecule has 0 spiro atoms. The van der Waals surface area contributed by atoms with Gasteiger partial charge in [0.05, 0.1) is 19.2 Å². The van der Waals surface area contributed by atoms with E-state index in [0.717, 1.165) is 34.1 Å². The molecule has 0 saturated carbocycles. The fraction of sp³-hybridized carbons (Fsp3) is 0.471. The van der Waals surface area contributed by atoms with Crippen LogP contribution < -0.4 is 0 Å². The predicted octanol–water partition coefficient (Wildman–Crippen LogP) is -0.163. The molecule has 4 amide bonds. The van der Waals surface area contributed by atoms with Gasteiger partial charge in [0, 0.05) is 29.7 Å². The number of carbonyl (C=O) groups is 5. The molecule has 0 unspecified atom stereocenters. The third kappa shape index (κ3) is 4.48. The highest BCUT2D eigenvalue weighted by molar-refractivity contribution is 6.13. The second-order valence-electron chi connectivity index (χ2n) is 6.85. The number of ketones is 1. The molecule has 0 aromatic carbocycles. The monoisotopic (exact) mass is 348 g/mol. The van der Waals surface area contributed by atoms with Gasteiger partial charge in [-0.25, -0.2) is 0 Å². The Balaban J connectivity index is 2.06. The molecule has 8 nitrogen and oxygen atoms in total. The van der Waals surface area contributed by atoms with Crippen LogP contribution in [0.2, 0.25) is 0 Å². The lowest BCUT2D eigenvalue weighted by Gasteiger charge is -2.27. The van der Waals surface area contributed by atoms with Crippen molar-refractivity contribution in [3.05, 3.63) is 24.3 Å². The average Bonchev–Trinajstić information content (AvgIpc) is 3.00. The van der Waals surface area contributed by atoms with E-state index in [1.807, 2.05) is 0 Å². The van der Waals surface area contributed by atoms with Crippen LogP contribution in [-0.2, 0) is 28.7 Å². The van der Waals surface area contributed by atoms with Crippen LogP contribution >= 0.6 is 0 Å². The topological polar surface area (TPSA) is 101 Å². The molecule has 0 saturated heterocycles. The second kappa shape index (κ2) is 7.10. The van der Waals surface area contributed by atoms with E-state index in [1.54, 1.807) is 20.8 Å². The number of carbonyl (C=O) groups excluding carboxylic acids is 5. The molecule has 0 atom stereocenters. The normalized spacial score (nSPS) is 17.6. The van der Waals surface area contributed by atoms with E-state index >= 15 is 0 Å². The molecule has 2 aliphatic rings. The third-order valence-electron chi connectivity index (χ3n) is 3.86. The molecule has 25 heavy (non-hydrogen) atoms. The van der Waals surface area contributed by atoms with E-state index in [-0.39, 0.29) is 25.5 Å². The Kier molecular flexibility index (Phi) is 5.32. The summed E-state index contributed by atoms with van der Waals surface area (Å²) in [4.78, 5) is 60.8. The van der Waals surface area contributed by atoms with Crippen molar-refractivity contribution in [2.24, 2.45) is 5.41 Å². The molecule has 8 heteroatoms. The Morgan fingerprint density at radius 1 is 0.880 bits per heavy atom. The summed E-state index contributed by atoms with van der Waals surface area (Å²) >= 11 is 0. The van der Waals surface area contributed by atoms with Crippen LogP contribution in [0, 0.1) is 5.41 Å². The smallest absolute Gasteiger partial charge is 0.253 e.